The molecule has 4 amide bonds. The zero-order chi connectivity index (χ0) is 49.2. The van der Waals surface area contributed by atoms with Crippen LogP contribution in [-0.4, -0.2) is 104 Å². The average Bonchev–Trinajstić information content (AvgIpc) is 4.10. The maximum atomic E-state index is 15.0. The summed E-state index contributed by atoms with van der Waals surface area (Å²) < 4.78 is 97.1. The molecule has 370 valence electrons. The van der Waals surface area contributed by atoms with Crippen LogP contribution in [0.1, 0.15) is 124 Å². The molecule has 1 aromatic carbocycles. The summed E-state index contributed by atoms with van der Waals surface area (Å²) in [5.41, 5.74) is -5.10. The fourth-order valence-corrected chi connectivity index (χ4v) is 11.3. The van der Waals surface area contributed by atoms with Crippen LogP contribution in [0.3, 0.4) is 0 Å². The average molecular weight is 978 g/mol. The molecule has 0 radical (unpaired) electrons. The summed E-state index contributed by atoms with van der Waals surface area (Å²) in [6.07, 6.45) is 1.09. The van der Waals surface area contributed by atoms with Crippen molar-refractivity contribution in [1.82, 2.24) is 25.2 Å². The van der Waals surface area contributed by atoms with E-state index in [4.69, 9.17) is 18.6 Å². The molecule has 0 bridgehead atoms. The number of alkyl halides is 3. The SMILES string of the molecule is CC(C)(C)OC(=O)N[C@H]1CCCCC/C=C\[C@@H]2C[C@@]2(C(=O)NS(=O)(=O)C2(C)CC2)NC(=O)[C@@H]2C[C@]3(CCc4c(c(C(F)(F)F)nc5ccc(OCCO[Si](C)(C)C(C)(C)C)cc45)O3)CN2C1=O. The van der Waals surface area contributed by atoms with Crippen LogP contribution < -0.4 is 24.8 Å². The number of aromatic nitrogens is 1. The van der Waals surface area contributed by atoms with Crippen molar-refractivity contribution in [3.63, 3.8) is 0 Å². The highest BCUT2D eigenvalue weighted by Crippen LogP contribution is 2.51. The minimum Gasteiger partial charge on any atom is -0.491 e. The van der Waals surface area contributed by atoms with Gasteiger partial charge < -0.3 is 34.2 Å². The van der Waals surface area contributed by atoms with Gasteiger partial charge in [0.25, 0.3) is 5.91 Å². The van der Waals surface area contributed by atoms with E-state index in [-0.39, 0.29) is 61.4 Å². The third-order valence-corrected chi connectivity index (χ3v) is 21.1. The lowest BCUT2D eigenvalue weighted by molar-refractivity contribution is -0.144. The smallest absolute Gasteiger partial charge is 0.437 e. The first-order valence-corrected chi connectivity index (χ1v) is 27.7. The molecule has 1 spiro atoms. The van der Waals surface area contributed by atoms with Gasteiger partial charge in [0, 0.05) is 23.3 Å². The standard InChI is InChI=1S/C47H66F3N5O10SSi/c1-42(2,3)65-41(59)52-34-16-14-12-10-11-13-15-29-26-46(29,40(58)54-66(60,61)44(7)21-22-44)53-38(56)35-27-45(28-55(35)39(34)57)20-19-31-32-25-30(62-23-24-63-67(8,9)43(4,5)6)17-18-33(32)51-37(36(31)64-45)47(48,49)50/h13,15,17-18,25,29,34-35H,10-12,14,16,19-24,26-28H2,1-9H3,(H,52,59)(H,53,56)(H,54,58)/b15-13-/t29-,34+,35+,45-,46-/m1/s1. The number of halogens is 3. The van der Waals surface area contributed by atoms with E-state index in [1.54, 1.807) is 39.0 Å². The van der Waals surface area contributed by atoms with Crippen molar-refractivity contribution in [1.29, 1.82) is 0 Å². The lowest BCUT2D eigenvalue weighted by atomic mass is 9.87. The zero-order valence-corrected chi connectivity index (χ0v) is 41.9. The van der Waals surface area contributed by atoms with Crippen molar-refractivity contribution in [2.24, 2.45) is 5.92 Å². The maximum Gasteiger partial charge on any atom is 0.437 e. The Morgan fingerprint density at radius 2 is 1.73 bits per heavy atom. The van der Waals surface area contributed by atoms with Gasteiger partial charge in [-0.2, -0.15) is 13.2 Å². The second kappa shape index (κ2) is 17.8. The first-order valence-electron chi connectivity index (χ1n) is 23.3. The zero-order valence-electron chi connectivity index (χ0n) is 40.0. The number of fused-ring (bicyclic) bond motifs is 5. The molecule has 0 unspecified atom stereocenters. The molecule has 5 atom stereocenters. The number of carbonyl (C=O) groups excluding carboxylic acids is 4. The fourth-order valence-electron chi connectivity index (χ4n) is 8.91. The predicted octanol–water partition coefficient (Wildman–Crippen LogP) is 7.61. The van der Waals surface area contributed by atoms with Gasteiger partial charge in [-0.15, -0.1) is 0 Å². The van der Waals surface area contributed by atoms with Gasteiger partial charge in [0.05, 0.1) is 23.4 Å². The number of hydrogen-bond acceptors (Lipinski definition) is 11. The largest absolute Gasteiger partial charge is 0.491 e. The van der Waals surface area contributed by atoms with E-state index in [0.29, 0.717) is 56.3 Å². The molecule has 2 saturated carbocycles. The second-order valence-electron chi connectivity index (χ2n) is 21.8. The molecule has 2 aromatic rings. The molecule has 67 heavy (non-hydrogen) atoms. The summed E-state index contributed by atoms with van der Waals surface area (Å²) in [7, 11) is -6.17. The number of alkyl carbamates (subject to hydrolysis) is 1. The molecule has 2 aliphatic carbocycles. The first kappa shape index (κ1) is 50.4. The summed E-state index contributed by atoms with van der Waals surface area (Å²) >= 11 is 0. The molecule has 3 fully saturated rings. The van der Waals surface area contributed by atoms with Crippen LogP contribution in [0.15, 0.2) is 30.4 Å². The Hall–Kier alpha value is -4.43. The Labute approximate surface area is 392 Å². The van der Waals surface area contributed by atoms with Crippen LogP contribution in [0.25, 0.3) is 10.9 Å². The quantitative estimate of drug-likeness (QED) is 0.127. The number of aryl methyl sites for hydroxylation is 1. The molecule has 1 aromatic heterocycles. The number of hydrogen-bond donors (Lipinski definition) is 3. The molecular formula is C47H66F3N5O10SSi. The lowest BCUT2D eigenvalue weighted by Crippen LogP contribution is -2.58. The van der Waals surface area contributed by atoms with Gasteiger partial charge in [-0.25, -0.2) is 18.2 Å². The van der Waals surface area contributed by atoms with E-state index in [1.165, 1.54) is 17.9 Å². The van der Waals surface area contributed by atoms with Crippen molar-refractivity contribution in [2.75, 3.05) is 19.8 Å². The molecule has 5 aliphatic rings. The summed E-state index contributed by atoms with van der Waals surface area (Å²) in [6, 6.07) is 2.05. The highest BCUT2D eigenvalue weighted by Gasteiger charge is 2.64. The van der Waals surface area contributed by atoms with Gasteiger partial charge in [-0.05, 0) is 115 Å². The highest BCUT2D eigenvalue weighted by molar-refractivity contribution is 7.91. The maximum absolute atomic E-state index is 15.0. The van der Waals surface area contributed by atoms with Crippen molar-refractivity contribution in [2.45, 2.75) is 177 Å². The van der Waals surface area contributed by atoms with Crippen LogP contribution in [0.4, 0.5) is 18.0 Å². The Morgan fingerprint density at radius 1 is 1.01 bits per heavy atom. The number of carbonyl (C=O) groups is 4. The predicted molar refractivity (Wildman–Crippen MR) is 246 cm³/mol. The van der Waals surface area contributed by atoms with Crippen LogP contribution >= 0.6 is 0 Å². The summed E-state index contributed by atoms with van der Waals surface area (Å²) in [5.74, 6) is -3.12. The molecule has 4 heterocycles. The van der Waals surface area contributed by atoms with Gasteiger partial charge in [0.1, 0.15) is 41.2 Å². The van der Waals surface area contributed by atoms with Gasteiger partial charge in [0.15, 0.2) is 19.8 Å². The topological polar surface area (TPSA) is 192 Å². The number of benzene rings is 1. The first-order chi connectivity index (χ1) is 31.0. The molecular weight excluding hydrogens is 912 g/mol. The molecule has 15 nitrogen and oxygen atoms in total. The number of ether oxygens (including phenoxy) is 3. The van der Waals surface area contributed by atoms with E-state index in [0.717, 1.165) is 0 Å². The Morgan fingerprint density at radius 3 is 2.39 bits per heavy atom. The van der Waals surface area contributed by atoms with E-state index in [1.807, 2.05) is 6.08 Å². The lowest BCUT2D eigenvalue weighted by Gasteiger charge is -2.37. The van der Waals surface area contributed by atoms with Crippen LogP contribution in [0.5, 0.6) is 11.5 Å². The number of nitrogens with zero attached hydrogens (tertiary/aromatic N) is 2. The van der Waals surface area contributed by atoms with E-state index in [9.17, 15) is 27.6 Å². The van der Waals surface area contributed by atoms with Crippen molar-refractivity contribution in [3.05, 3.63) is 41.6 Å². The number of sulfonamides is 1. The summed E-state index contributed by atoms with van der Waals surface area (Å²) in [4.78, 5) is 62.2. The van der Waals surface area contributed by atoms with Gasteiger partial charge in [0.2, 0.25) is 21.8 Å². The summed E-state index contributed by atoms with van der Waals surface area (Å²) in [6.45, 7) is 17.4. The minimum absolute atomic E-state index is 0.0119. The van der Waals surface area contributed by atoms with Crippen LogP contribution in [0, 0.1) is 5.92 Å². The van der Waals surface area contributed by atoms with Crippen molar-refractivity contribution >= 4 is 53.1 Å². The fraction of sp³-hybridized carbons (Fsp3) is 0.681. The Bertz CT molecular complexity index is 2430. The minimum atomic E-state index is -4.96. The number of amides is 4. The van der Waals surface area contributed by atoms with E-state index < -0.39 is 99.3 Å². The van der Waals surface area contributed by atoms with E-state index in [2.05, 4.69) is 54.2 Å². The van der Waals surface area contributed by atoms with Crippen molar-refractivity contribution in [3.8, 4) is 11.5 Å². The highest BCUT2D eigenvalue weighted by atomic mass is 32.2. The second-order valence-corrected chi connectivity index (χ2v) is 28.8. The number of allylic oxidation sites excluding steroid dienone is 1. The molecule has 7 rings (SSSR count). The molecule has 20 heteroatoms. The van der Waals surface area contributed by atoms with Crippen LogP contribution in [-0.2, 0) is 46.2 Å². The molecule has 3 aliphatic heterocycles. The third kappa shape index (κ3) is 10.7. The van der Waals surface area contributed by atoms with Crippen molar-refractivity contribution < 1.29 is 59.4 Å². The third-order valence-electron chi connectivity index (χ3n) is 14.4. The summed E-state index contributed by atoms with van der Waals surface area (Å²) in [5, 5.41) is 5.87. The van der Waals surface area contributed by atoms with Crippen LogP contribution in [0.2, 0.25) is 18.1 Å². The molecule has 1 saturated heterocycles. The number of rotatable bonds is 9. The monoisotopic (exact) mass is 977 g/mol. The normalized spacial score (nSPS) is 27.3. The molecule has 3 N–H and O–H groups in total. The number of pyridine rings is 1. The Kier molecular flexibility index (Phi) is 13.4. The van der Waals surface area contributed by atoms with Gasteiger partial charge >= 0.3 is 12.3 Å². The van der Waals surface area contributed by atoms with Gasteiger partial charge in [-0.1, -0.05) is 45.8 Å². The number of nitrogens with one attached hydrogen (secondary N) is 3. The van der Waals surface area contributed by atoms with E-state index >= 15 is 13.2 Å². The Balaban J connectivity index is 1.23. The van der Waals surface area contributed by atoms with Gasteiger partial charge in [-0.3, -0.25) is 19.1 Å².